The Morgan fingerprint density at radius 1 is 1.12 bits per heavy atom. The van der Waals surface area contributed by atoms with Gasteiger partial charge in [-0.3, -0.25) is 0 Å². The fourth-order valence-corrected chi connectivity index (χ4v) is 3.35. The van der Waals surface area contributed by atoms with Crippen molar-refractivity contribution in [2.75, 3.05) is 36.5 Å². The lowest BCUT2D eigenvalue weighted by molar-refractivity contribution is -0.169. The summed E-state index contributed by atoms with van der Waals surface area (Å²) in [6, 6.07) is 8.22. The standard InChI is InChI=1S/C18H21FN4O2/c1-13-20-16(22-15-4-2-3-14(19)11-15)12-17(21-13)23-7-5-18(6-8-23)24-9-10-25-18/h2-4,11-12H,5-10H2,1H3,(H,20,21,22). The number of benzene rings is 1. The van der Waals surface area contributed by atoms with Crippen LogP contribution in [0.4, 0.5) is 21.7 Å². The zero-order valence-electron chi connectivity index (χ0n) is 14.2. The maximum atomic E-state index is 13.4. The van der Waals surface area contributed by atoms with Crippen LogP contribution in [0.1, 0.15) is 18.7 Å². The highest BCUT2D eigenvalue weighted by molar-refractivity contribution is 5.59. The Morgan fingerprint density at radius 2 is 1.88 bits per heavy atom. The van der Waals surface area contributed by atoms with Gasteiger partial charge in [-0.25, -0.2) is 14.4 Å². The average Bonchev–Trinajstić information content (AvgIpc) is 3.03. The molecule has 1 spiro atoms. The maximum absolute atomic E-state index is 13.4. The van der Waals surface area contributed by atoms with Gasteiger partial charge in [0.25, 0.3) is 0 Å². The molecule has 1 aromatic heterocycles. The third-order valence-corrected chi connectivity index (χ3v) is 4.58. The average molecular weight is 344 g/mol. The Labute approximate surface area is 146 Å². The zero-order valence-corrected chi connectivity index (χ0v) is 14.2. The van der Waals surface area contributed by atoms with Crippen molar-refractivity contribution >= 4 is 17.3 Å². The molecule has 0 aliphatic carbocycles. The Morgan fingerprint density at radius 3 is 2.60 bits per heavy atom. The lowest BCUT2D eigenvalue weighted by Gasteiger charge is -2.38. The predicted molar refractivity (Wildman–Crippen MR) is 92.5 cm³/mol. The number of halogens is 1. The van der Waals surface area contributed by atoms with E-state index in [0.717, 1.165) is 31.7 Å². The molecular formula is C18H21FN4O2. The Bertz CT molecular complexity index is 754. The Hall–Kier alpha value is -2.25. The molecule has 2 aliphatic heterocycles. The zero-order chi connectivity index (χ0) is 17.3. The molecular weight excluding hydrogens is 323 g/mol. The van der Waals surface area contributed by atoms with E-state index < -0.39 is 5.79 Å². The van der Waals surface area contributed by atoms with Crippen LogP contribution in [0.5, 0.6) is 0 Å². The Balaban J connectivity index is 1.50. The number of rotatable bonds is 3. The van der Waals surface area contributed by atoms with Crippen LogP contribution in [0.25, 0.3) is 0 Å². The van der Waals surface area contributed by atoms with Crippen molar-refractivity contribution in [3.8, 4) is 0 Å². The molecule has 2 saturated heterocycles. The van der Waals surface area contributed by atoms with E-state index in [9.17, 15) is 4.39 Å². The number of hydrogen-bond acceptors (Lipinski definition) is 6. The SMILES string of the molecule is Cc1nc(Nc2cccc(F)c2)cc(N2CCC3(CC2)OCCO3)n1. The summed E-state index contributed by atoms with van der Waals surface area (Å²) in [4.78, 5) is 11.2. The van der Waals surface area contributed by atoms with Crippen LogP contribution in [0.3, 0.4) is 0 Å². The van der Waals surface area contributed by atoms with Gasteiger partial charge in [-0.15, -0.1) is 0 Å². The van der Waals surface area contributed by atoms with Gasteiger partial charge in [-0.1, -0.05) is 6.07 Å². The van der Waals surface area contributed by atoms with Gasteiger partial charge < -0.3 is 19.7 Å². The minimum atomic E-state index is -0.402. The highest BCUT2D eigenvalue weighted by atomic mass is 19.1. The van der Waals surface area contributed by atoms with Crippen LogP contribution >= 0.6 is 0 Å². The van der Waals surface area contributed by atoms with Crippen LogP contribution in [-0.4, -0.2) is 42.1 Å². The lowest BCUT2D eigenvalue weighted by atomic mass is 10.0. The van der Waals surface area contributed by atoms with E-state index in [-0.39, 0.29) is 5.82 Å². The molecule has 132 valence electrons. The van der Waals surface area contributed by atoms with Crippen molar-refractivity contribution in [3.05, 3.63) is 42.0 Å². The second-order valence-electron chi connectivity index (χ2n) is 6.39. The number of anilines is 3. The molecule has 25 heavy (non-hydrogen) atoms. The summed E-state index contributed by atoms with van der Waals surface area (Å²) >= 11 is 0. The molecule has 1 N–H and O–H groups in total. The largest absolute Gasteiger partial charge is 0.356 e. The molecule has 0 amide bonds. The quantitative estimate of drug-likeness (QED) is 0.924. The van der Waals surface area contributed by atoms with Crippen molar-refractivity contribution in [3.63, 3.8) is 0 Å². The highest BCUT2D eigenvalue weighted by Crippen LogP contribution is 2.33. The fraction of sp³-hybridized carbons (Fsp3) is 0.444. The summed E-state index contributed by atoms with van der Waals surface area (Å²) in [6.07, 6.45) is 1.64. The molecule has 2 fully saturated rings. The third-order valence-electron chi connectivity index (χ3n) is 4.58. The minimum absolute atomic E-state index is 0.283. The van der Waals surface area contributed by atoms with E-state index in [2.05, 4.69) is 20.2 Å². The van der Waals surface area contributed by atoms with E-state index in [1.54, 1.807) is 12.1 Å². The normalized spacial score (nSPS) is 19.4. The first-order valence-corrected chi connectivity index (χ1v) is 8.53. The fourth-order valence-electron chi connectivity index (χ4n) is 3.35. The molecule has 0 unspecified atom stereocenters. The summed E-state index contributed by atoms with van der Waals surface area (Å²) in [5, 5.41) is 3.15. The molecule has 0 saturated carbocycles. The number of ether oxygens (including phenoxy) is 2. The number of aromatic nitrogens is 2. The molecule has 2 aliphatic rings. The predicted octanol–water partition coefficient (Wildman–Crippen LogP) is 3.01. The van der Waals surface area contributed by atoms with Crippen LogP contribution in [0.15, 0.2) is 30.3 Å². The molecule has 3 heterocycles. The van der Waals surface area contributed by atoms with E-state index in [0.29, 0.717) is 30.5 Å². The van der Waals surface area contributed by atoms with E-state index in [4.69, 9.17) is 9.47 Å². The van der Waals surface area contributed by atoms with Crippen LogP contribution in [0.2, 0.25) is 0 Å². The lowest BCUT2D eigenvalue weighted by Crippen LogP contribution is -2.45. The van der Waals surface area contributed by atoms with Gasteiger partial charge in [0.1, 0.15) is 23.3 Å². The molecule has 4 rings (SSSR count). The van der Waals surface area contributed by atoms with Crippen molar-refractivity contribution in [1.82, 2.24) is 9.97 Å². The third kappa shape index (κ3) is 3.57. The molecule has 0 bridgehead atoms. The number of aryl methyl sites for hydroxylation is 1. The van der Waals surface area contributed by atoms with Gasteiger partial charge in [-0.05, 0) is 25.1 Å². The molecule has 0 radical (unpaired) electrons. The molecule has 2 aromatic rings. The van der Waals surface area contributed by atoms with E-state index in [1.165, 1.54) is 12.1 Å². The van der Waals surface area contributed by atoms with Gasteiger partial charge in [-0.2, -0.15) is 0 Å². The molecule has 0 atom stereocenters. The summed E-state index contributed by atoms with van der Waals surface area (Å²) in [7, 11) is 0. The highest BCUT2D eigenvalue weighted by Gasteiger charge is 2.40. The van der Waals surface area contributed by atoms with Crippen molar-refractivity contribution in [1.29, 1.82) is 0 Å². The molecule has 6 nitrogen and oxygen atoms in total. The smallest absolute Gasteiger partial charge is 0.171 e. The van der Waals surface area contributed by atoms with E-state index >= 15 is 0 Å². The minimum Gasteiger partial charge on any atom is -0.356 e. The van der Waals surface area contributed by atoms with Crippen LogP contribution in [0, 0.1) is 12.7 Å². The van der Waals surface area contributed by atoms with Crippen molar-refractivity contribution in [2.24, 2.45) is 0 Å². The molecule has 1 aromatic carbocycles. The topological polar surface area (TPSA) is 59.5 Å². The number of nitrogens with zero attached hydrogens (tertiary/aromatic N) is 3. The van der Waals surface area contributed by atoms with Gasteiger partial charge >= 0.3 is 0 Å². The second kappa shape index (κ2) is 6.57. The first-order chi connectivity index (χ1) is 12.1. The maximum Gasteiger partial charge on any atom is 0.171 e. The number of hydrogen-bond donors (Lipinski definition) is 1. The Kier molecular flexibility index (Phi) is 4.27. The summed E-state index contributed by atoms with van der Waals surface area (Å²) in [5.41, 5.74) is 0.661. The van der Waals surface area contributed by atoms with Gasteiger partial charge in [0.15, 0.2) is 5.79 Å². The summed E-state index contributed by atoms with van der Waals surface area (Å²) < 4.78 is 24.9. The second-order valence-corrected chi connectivity index (χ2v) is 6.39. The monoisotopic (exact) mass is 344 g/mol. The summed E-state index contributed by atoms with van der Waals surface area (Å²) in [5.74, 6) is 1.50. The van der Waals surface area contributed by atoms with Gasteiger partial charge in [0.05, 0.1) is 13.2 Å². The van der Waals surface area contributed by atoms with Gasteiger partial charge in [0, 0.05) is 37.7 Å². The molecule has 7 heteroatoms. The van der Waals surface area contributed by atoms with Crippen molar-refractivity contribution in [2.45, 2.75) is 25.6 Å². The van der Waals surface area contributed by atoms with Gasteiger partial charge in [0.2, 0.25) is 0 Å². The van der Waals surface area contributed by atoms with Crippen molar-refractivity contribution < 1.29 is 13.9 Å². The van der Waals surface area contributed by atoms with Crippen LogP contribution < -0.4 is 10.2 Å². The van der Waals surface area contributed by atoms with Crippen LogP contribution in [-0.2, 0) is 9.47 Å². The first-order valence-electron chi connectivity index (χ1n) is 8.53. The number of piperidine rings is 1. The number of nitrogens with one attached hydrogen (secondary N) is 1. The summed E-state index contributed by atoms with van der Waals surface area (Å²) in [6.45, 7) is 4.84. The van der Waals surface area contributed by atoms with E-state index in [1.807, 2.05) is 13.0 Å². The first kappa shape index (κ1) is 16.2.